The van der Waals surface area contributed by atoms with Crippen molar-refractivity contribution in [2.75, 3.05) is 18.6 Å². The first-order valence-corrected chi connectivity index (χ1v) is 8.05. The molecule has 1 atom stereocenters. The molecule has 1 unspecified atom stereocenters. The van der Waals surface area contributed by atoms with Crippen molar-refractivity contribution in [1.29, 1.82) is 0 Å². The summed E-state index contributed by atoms with van der Waals surface area (Å²) in [5.41, 5.74) is 5.45. The lowest BCUT2D eigenvalue weighted by Gasteiger charge is -2.17. The van der Waals surface area contributed by atoms with Gasteiger partial charge in [0.2, 0.25) is 5.91 Å². The molecule has 0 aliphatic heterocycles. The van der Waals surface area contributed by atoms with Gasteiger partial charge in [0.15, 0.2) is 0 Å². The number of nitrogens with one attached hydrogen (secondary N) is 1. The lowest BCUT2D eigenvalue weighted by Crippen LogP contribution is -2.43. The molecule has 1 rings (SSSR count). The molecule has 1 saturated carbocycles. The first-order valence-electron chi connectivity index (χ1n) is 5.99. The Morgan fingerprint density at radius 2 is 2.00 bits per heavy atom. The summed E-state index contributed by atoms with van der Waals surface area (Å²) in [6.07, 6.45) is 4.48. The van der Waals surface area contributed by atoms with Crippen LogP contribution in [0.25, 0.3) is 0 Å². The summed E-state index contributed by atoms with van der Waals surface area (Å²) in [5.74, 6) is -0.0184. The summed E-state index contributed by atoms with van der Waals surface area (Å²) in [6.45, 7) is 2.40. The molecule has 108 valence electrons. The van der Waals surface area contributed by atoms with E-state index in [0.29, 0.717) is 13.0 Å². The molecule has 1 aliphatic rings. The predicted octanol–water partition coefficient (Wildman–Crippen LogP) is 0.477. The number of sulfone groups is 1. The highest BCUT2D eigenvalue weighted by atomic mass is 35.5. The standard InChI is InChI=1S/C11H22N2O3S.ClH/c1-3-4-9(12)10(14)13-7-11(5-6-11)8-17(2,15)16;/h9H,3-8,12H2,1-2H3,(H,13,14);1H. The van der Waals surface area contributed by atoms with E-state index in [9.17, 15) is 13.2 Å². The van der Waals surface area contributed by atoms with Crippen LogP contribution < -0.4 is 11.1 Å². The van der Waals surface area contributed by atoms with Crippen molar-refractivity contribution in [3.8, 4) is 0 Å². The summed E-state index contributed by atoms with van der Waals surface area (Å²) in [6, 6.07) is -0.478. The van der Waals surface area contributed by atoms with Gasteiger partial charge in [-0.05, 0) is 19.3 Å². The Hall–Kier alpha value is -0.330. The zero-order valence-electron chi connectivity index (χ0n) is 10.9. The van der Waals surface area contributed by atoms with Crippen molar-refractivity contribution in [1.82, 2.24) is 5.32 Å². The first-order chi connectivity index (χ1) is 7.78. The van der Waals surface area contributed by atoms with E-state index in [1.54, 1.807) is 0 Å². The first kappa shape index (κ1) is 17.7. The molecule has 3 N–H and O–H groups in total. The maximum Gasteiger partial charge on any atom is 0.236 e. The minimum Gasteiger partial charge on any atom is -0.354 e. The van der Waals surface area contributed by atoms with Crippen molar-refractivity contribution >= 4 is 28.2 Å². The van der Waals surface area contributed by atoms with Gasteiger partial charge in [0.25, 0.3) is 0 Å². The second kappa shape index (κ2) is 6.73. The van der Waals surface area contributed by atoms with Crippen molar-refractivity contribution in [3.63, 3.8) is 0 Å². The van der Waals surface area contributed by atoms with Crippen LogP contribution in [0.1, 0.15) is 32.6 Å². The zero-order chi connectivity index (χ0) is 13.1. The fraction of sp³-hybridized carbons (Fsp3) is 0.909. The maximum absolute atomic E-state index is 11.6. The number of rotatable bonds is 7. The van der Waals surface area contributed by atoms with Crippen molar-refractivity contribution < 1.29 is 13.2 Å². The van der Waals surface area contributed by atoms with Gasteiger partial charge in [0.1, 0.15) is 9.84 Å². The van der Waals surface area contributed by atoms with E-state index in [2.05, 4.69) is 5.32 Å². The van der Waals surface area contributed by atoms with E-state index < -0.39 is 15.9 Å². The van der Waals surface area contributed by atoms with Crippen LogP contribution in [0.15, 0.2) is 0 Å². The monoisotopic (exact) mass is 298 g/mol. The van der Waals surface area contributed by atoms with E-state index in [-0.39, 0.29) is 29.5 Å². The predicted molar refractivity (Wildman–Crippen MR) is 74.5 cm³/mol. The Labute approximate surface area is 115 Å². The molecule has 0 heterocycles. The Bertz CT molecular complexity index is 380. The van der Waals surface area contributed by atoms with Crippen LogP contribution in [-0.4, -0.2) is 38.9 Å². The van der Waals surface area contributed by atoms with Crippen LogP contribution in [0.2, 0.25) is 0 Å². The highest BCUT2D eigenvalue weighted by molar-refractivity contribution is 7.90. The molecule has 0 aromatic carbocycles. The second-order valence-electron chi connectivity index (χ2n) is 5.18. The Morgan fingerprint density at radius 3 is 2.39 bits per heavy atom. The van der Waals surface area contributed by atoms with E-state index in [1.165, 1.54) is 6.26 Å². The third-order valence-electron chi connectivity index (χ3n) is 3.10. The molecule has 0 bridgehead atoms. The summed E-state index contributed by atoms with van der Waals surface area (Å²) in [5, 5.41) is 2.76. The molecular weight excluding hydrogens is 276 g/mol. The van der Waals surface area contributed by atoms with Crippen LogP contribution >= 0.6 is 12.4 Å². The molecule has 0 spiro atoms. The van der Waals surface area contributed by atoms with Crippen molar-refractivity contribution in [2.24, 2.45) is 11.1 Å². The normalized spacial score (nSPS) is 18.6. The van der Waals surface area contributed by atoms with Gasteiger partial charge in [-0.1, -0.05) is 13.3 Å². The molecule has 0 aromatic heterocycles. The highest BCUT2D eigenvalue weighted by Gasteiger charge is 2.45. The Kier molecular flexibility index (Phi) is 6.60. The minimum absolute atomic E-state index is 0. The van der Waals surface area contributed by atoms with Crippen LogP contribution in [0, 0.1) is 5.41 Å². The van der Waals surface area contributed by atoms with Crippen LogP contribution in [0.4, 0.5) is 0 Å². The number of hydrogen-bond donors (Lipinski definition) is 2. The van der Waals surface area contributed by atoms with Crippen LogP contribution in [-0.2, 0) is 14.6 Å². The number of hydrogen-bond acceptors (Lipinski definition) is 4. The molecule has 1 amide bonds. The lowest BCUT2D eigenvalue weighted by molar-refractivity contribution is -0.122. The smallest absolute Gasteiger partial charge is 0.236 e. The molecule has 1 fully saturated rings. The van der Waals surface area contributed by atoms with E-state index in [0.717, 1.165) is 19.3 Å². The van der Waals surface area contributed by atoms with Gasteiger partial charge in [-0.2, -0.15) is 0 Å². The van der Waals surface area contributed by atoms with Gasteiger partial charge in [-0.25, -0.2) is 8.42 Å². The second-order valence-corrected chi connectivity index (χ2v) is 7.32. The third kappa shape index (κ3) is 6.02. The molecule has 1 aliphatic carbocycles. The summed E-state index contributed by atoms with van der Waals surface area (Å²) in [4.78, 5) is 11.6. The van der Waals surface area contributed by atoms with Gasteiger partial charge < -0.3 is 11.1 Å². The van der Waals surface area contributed by atoms with Crippen LogP contribution in [0.5, 0.6) is 0 Å². The third-order valence-corrected chi connectivity index (χ3v) is 4.24. The number of carbonyl (C=O) groups excluding carboxylic acids is 1. The molecule has 0 radical (unpaired) electrons. The number of carbonyl (C=O) groups is 1. The highest BCUT2D eigenvalue weighted by Crippen LogP contribution is 2.45. The quantitative estimate of drug-likeness (QED) is 0.715. The Balaban J connectivity index is 0.00000289. The molecule has 5 nitrogen and oxygen atoms in total. The number of amides is 1. The van der Waals surface area contributed by atoms with Crippen molar-refractivity contribution in [2.45, 2.75) is 38.6 Å². The fourth-order valence-electron chi connectivity index (χ4n) is 1.95. The molecule has 18 heavy (non-hydrogen) atoms. The molecule has 7 heteroatoms. The van der Waals surface area contributed by atoms with Gasteiger partial charge in [0.05, 0.1) is 11.8 Å². The average molecular weight is 299 g/mol. The fourth-order valence-corrected chi connectivity index (χ4v) is 3.46. The lowest BCUT2D eigenvalue weighted by atomic mass is 10.1. The van der Waals surface area contributed by atoms with Gasteiger partial charge in [-0.15, -0.1) is 12.4 Å². The van der Waals surface area contributed by atoms with Gasteiger partial charge in [-0.3, -0.25) is 4.79 Å². The largest absolute Gasteiger partial charge is 0.354 e. The van der Waals surface area contributed by atoms with E-state index >= 15 is 0 Å². The topological polar surface area (TPSA) is 89.3 Å². The SMILES string of the molecule is CCCC(N)C(=O)NCC1(CS(C)(=O)=O)CC1.Cl. The molecule has 0 aromatic rings. The van der Waals surface area contributed by atoms with Crippen molar-refractivity contribution in [3.05, 3.63) is 0 Å². The molecular formula is C11H23ClN2O3S. The maximum atomic E-state index is 11.6. The van der Waals surface area contributed by atoms with Gasteiger partial charge >= 0.3 is 0 Å². The van der Waals surface area contributed by atoms with Crippen LogP contribution in [0.3, 0.4) is 0 Å². The molecule has 0 saturated heterocycles. The number of halogens is 1. The summed E-state index contributed by atoms with van der Waals surface area (Å²) >= 11 is 0. The summed E-state index contributed by atoms with van der Waals surface area (Å²) in [7, 11) is -2.98. The van der Waals surface area contributed by atoms with Gasteiger partial charge in [0, 0.05) is 18.2 Å². The average Bonchev–Trinajstić information content (AvgIpc) is 2.92. The Morgan fingerprint density at radius 1 is 1.44 bits per heavy atom. The van der Waals surface area contributed by atoms with E-state index in [4.69, 9.17) is 5.73 Å². The van der Waals surface area contributed by atoms with E-state index in [1.807, 2.05) is 6.92 Å². The number of nitrogens with two attached hydrogens (primary N) is 1. The minimum atomic E-state index is -2.98. The summed E-state index contributed by atoms with van der Waals surface area (Å²) < 4.78 is 22.5. The zero-order valence-corrected chi connectivity index (χ0v) is 12.6.